The molecule has 0 spiro atoms. The van der Waals surface area contributed by atoms with Crippen molar-refractivity contribution in [2.75, 3.05) is 13.2 Å². The van der Waals surface area contributed by atoms with Crippen molar-refractivity contribution in [2.45, 2.75) is 33.1 Å². The average molecular weight is 295 g/mol. The summed E-state index contributed by atoms with van der Waals surface area (Å²) in [6, 6.07) is 0. The van der Waals surface area contributed by atoms with Crippen molar-refractivity contribution >= 4 is 22.2 Å². The van der Waals surface area contributed by atoms with Crippen LogP contribution in [-0.2, 0) is 11.2 Å². The van der Waals surface area contributed by atoms with Gasteiger partial charge in [-0.25, -0.2) is 4.98 Å². The molecule has 0 unspecified atom stereocenters. The largest absolute Gasteiger partial charge is 0.396 e. The average Bonchev–Trinajstić information content (AvgIpc) is 2.95. The van der Waals surface area contributed by atoms with E-state index in [0.717, 1.165) is 23.5 Å². The lowest BCUT2D eigenvalue weighted by molar-refractivity contribution is -0.120. The highest BCUT2D eigenvalue weighted by atomic mass is 32.1. The van der Waals surface area contributed by atoms with Crippen LogP contribution >= 0.6 is 11.3 Å². The topological polar surface area (TPSA) is 66.6 Å². The lowest BCUT2D eigenvalue weighted by Gasteiger charge is -2.24. The van der Waals surface area contributed by atoms with Crippen LogP contribution in [0.15, 0.2) is 17.8 Å². The minimum absolute atomic E-state index is 0.00664. The highest BCUT2D eigenvalue weighted by Gasteiger charge is 2.18. The Bertz CT molecular complexity index is 545. The zero-order valence-electron chi connectivity index (χ0n) is 11.9. The molecule has 2 aromatic heterocycles. The van der Waals surface area contributed by atoms with Gasteiger partial charge in [0.15, 0.2) is 4.96 Å². The zero-order valence-corrected chi connectivity index (χ0v) is 12.7. The van der Waals surface area contributed by atoms with Crippen molar-refractivity contribution in [1.82, 2.24) is 14.7 Å². The monoisotopic (exact) mass is 295 g/mol. The number of hydrogen-bond acceptors (Lipinski definition) is 4. The highest BCUT2D eigenvalue weighted by molar-refractivity contribution is 7.15. The van der Waals surface area contributed by atoms with Crippen LogP contribution in [-0.4, -0.2) is 33.6 Å². The number of amides is 1. The van der Waals surface area contributed by atoms with Crippen molar-refractivity contribution < 1.29 is 9.90 Å². The number of aromatic nitrogens is 2. The van der Waals surface area contributed by atoms with Crippen molar-refractivity contribution in [3.8, 4) is 0 Å². The molecule has 0 saturated heterocycles. The summed E-state index contributed by atoms with van der Waals surface area (Å²) >= 11 is 1.56. The van der Waals surface area contributed by atoms with E-state index >= 15 is 0 Å². The number of thiazole rings is 1. The van der Waals surface area contributed by atoms with Gasteiger partial charge in [-0.1, -0.05) is 13.8 Å². The first kappa shape index (κ1) is 15.0. The molecule has 0 atom stereocenters. The van der Waals surface area contributed by atoms with Crippen LogP contribution in [0.2, 0.25) is 0 Å². The van der Waals surface area contributed by atoms with Gasteiger partial charge in [-0.3, -0.25) is 9.20 Å². The van der Waals surface area contributed by atoms with Crippen LogP contribution < -0.4 is 5.32 Å². The minimum Gasteiger partial charge on any atom is -0.396 e. The fourth-order valence-electron chi connectivity index (χ4n) is 2.07. The van der Waals surface area contributed by atoms with E-state index in [4.69, 9.17) is 5.11 Å². The van der Waals surface area contributed by atoms with Crippen molar-refractivity contribution in [2.24, 2.45) is 5.41 Å². The Morgan fingerprint density at radius 2 is 2.35 bits per heavy atom. The first-order valence-corrected chi connectivity index (χ1v) is 7.67. The summed E-state index contributed by atoms with van der Waals surface area (Å²) in [5.41, 5.74) is 0.801. The molecule has 0 fully saturated rings. The van der Waals surface area contributed by atoms with E-state index in [-0.39, 0.29) is 17.9 Å². The normalized spacial score (nSPS) is 11.9. The molecular weight excluding hydrogens is 274 g/mol. The Morgan fingerprint density at radius 3 is 3.05 bits per heavy atom. The zero-order chi connectivity index (χ0) is 14.6. The summed E-state index contributed by atoms with van der Waals surface area (Å²) in [6.45, 7) is 5.00. The minimum atomic E-state index is -0.00664. The first-order chi connectivity index (χ1) is 9.50. The molecule has 0 bridgehead atoms. The maximum absolute atomic E-state index is 11.9. The molecule has 20 heavy (non-hydrogen) atoms. The van der Waals surface area contributed by atoms with Gasteiger partial charge in [-0.2, -0.15) is 0 Å². The smallest absolute Gasteiger partial charge is 0.226 e. The fraction of sp³-hybridized carbons (Fsp3) is 0.571. The summed E-state index contributed by atoms with van der Waals surface area (Å²) in [6.07, 6.45) is 5.80. The SMILES string of the molecule is CC(C)(CCCO)CNC(=O)Cc1cn2ccsc2n1. The molecule has 0 aliphatic carbocycles. The second kappa shape index (κ2) is 6.37. The van der Waals surface area contributed by atoms with Gasteiger partial charge < -0.3 is 10.4 Å². The molecule has 1 amide bonds. The number of aliphatic hydroxyl groups is 1. The Hall–Kier alpha value is -1.40. The number of rotatable bonds is 7. The van der Waals surface area contributed by atoms with E-state index in [9.17, 15) is 4.79 Å². The van der Waals surface area contributed by atoms with Gasteiger partial charge in [0.05, 0.1) is 12.1 Å². The van der Waals surface area contributed by atoms with Crippen molar-refractivity contribution in [1.29, 1.82) is 0 Å². The predicted octanol–water partition coefficient (Wildman–Crippen LogP) is 1.85. The lowest BCUT2D eigenvalue weighted by Crippen LogP contribution is -2.35. The van der Waals surface area contributed by atoms with Gasteiger partial charge in [0.2, 0.25) is 5.91 Å². The summed E-state index contributed by atoms with van der Waals surface area (Å²) in [7, 11) is 0. The van der Waals surface area contributed by atoms with Crippen LogP contribution in [0.25, 0.3) is 4.96 Å². The molecule has 2 heterocycles. The molecular formula is C14H21N3O2S. The third-order valence-electron chi connectivity index (χ3n) is 3.26. The summed E-state index contributed by atoms with van der Waals surface area (Å²) in [4.78, 5) is 17.2. The van der Waals surface area contributed by atoms with Crippen molar-refractivity contribution in [3.05, 3.63) is 23.5 Å². The summed E-state index contributed by atoms with van der Waals surface area (Å²) in [5, 5.41) is 13.8. The molecule has 0 aromatic carbocycles. The summed E-state index contributed by atoms with van der Waals surface area (Å²) in [5.74, 6) is -0.00664. The Labute approximate surface area is 122 Å². The molecule has 0 saturated carbocycles. The van der Waals surface area contributed by atoms with E-state index in [0.29, 0.717) is 13.0 Å². The quantitative estimate of drug-likeness (QED) is 0.819. The number of carbonyl (C=O) groups excluding carboxylic acids is 1. The summed E-state index contributed by atoms with van der Waals surface area (Å²) < 4.78 is 1.93. The lowest BCUT2D eigenvalue weighted by atomic mass is 9.88. The van der Waals surface area contributed by atoms with Gasteiger partial charge in [0, 0.05) is 30.9 Å². The third-order valence-corrected chi connectivity index (χ3v) is 4.03. The number of aliphatic hydroxyl groups excluding tert-OH is 1. The Kier molecular flexibility index (Phi) is 4.77. The van der Waals surface area contributed by atoms with E-state index in [2.05, 4.69) is 24.1 Å². The van der Waals surface area contributed by atoms with Crippen LogP contribution in [0.5, 0.6) is 0 Å². The van der Waals surface area contributed by atoms with E-state index < -0.39 is 0 Å². The number of nitrogens with zero attached hydrogens (tertiary/aromatic N) is 2. The molecule has 0 aliphatic heterocycles. The van der Waals surface area contributed by atoms with Crippen LogP contribution in [0.3, 0.4) is 0 Å². The second-order valence-corrected chi connectivity index (χ2v) is 6.64. The van der Waals surface area contributed by atoms with Gasteiger partial charge in [0.1, 0.15) is 0 Å². The van der Waals surface area contributed by atoms with Gasteiger partial charge >= 0.3 is 0 Å². The molecule has 0 aliphatic rings. The van der Waals surface area contributed by atoms with Crippen LogP contribution in [0, 0.1) is 5.41 Å². The molecule has 0 radical (unpaired) electrons. The van der Waals surface area contributed by atoms with E-state index in [1.165, 1.54) is 0 Å². The van der Waals surface area contributed by atoms with Crippen LogP contribution in [0.4, 0.5) is 0 Å². The van der Waals surface area contributed by atoms with Crippen molar-refractivity contribution in [3.63, 3.8) is 0 Å². The third kappa shape index (κ3) is 4.05. The van der Waals surface area contributed by atoms with Gasteiger partial charge in [0.25, 0.3) is 0 Å². The van der Waals surface area contributed by atoms with E-state index in [1.54, 1.807) is 11.3 Å². The molecule has 110 valence electrons. The number of imidazole rings is 1. The molecule has 2 N–H and O–H groups in total. The second-order valence-electron chi connectivity index (χ2n) is 5.77. The molecule has 6 heteroatoms. The number of nitrogens with one attached hydrogen (secondary N) is 1. The predicted molar refractivity (Wildman–Crippen MR) is 79.9 cm³/mol. The van der Waals surface area contributed by atoms with Gasteiger partial charge in [-0.15, -0.1) is 11.3 Å². The number of fused-ring (bicyclic) bond motifs is 1. The molecule has 2 rings (SSSR count). The van der Waals surface area contributed by atoms with Gasteiger partial charge in [-0.05, 0) is 18.3 Å². The maximum atomic E-state index is 11.9. The maximum Gasteiger partial charge on any atom is 0.226 e. The fourth-order valence-corrected chi connectivity index (χ4v) is 2.79. The van der Waals surface area contributed by atoms with Crippen LogP contribution in [0.1, 0.15) is 32.4 Å². The molecule has 5 nitrogen and oxygen atoms in total. The Morgan fingerprint density at radius 1 is 1.55 bits per heavy atom. The standard InChI is InChI=1S/C14H21N3O2S/c1-14(2,4-3-6-18)10-15-12(19)8-11-9-17-5-7-20-13(17)16-11/h5,7,9,18H,3-4,6,8,10H2,1-2H3,(H,15,19). The first-order valence-electron chi connectivity index (χ1n) is 6.79. The highest BCUT2D eigenvalue weighted by Crippen LogP contribution is 2.20. The van der Waals surface area contributed by atoms with E-state index in [1.807, 2.05) is 22.2 Å². The Balaban J connectivity index is 1.82. The molecule has 2 aromatic rings. The number of hydrogen-bond donors (Lipinski definition) is 2. The number of carbonyl (C=O) groups is 1.